The summed E-state index contributed by atoms with van der Waals surface area (Å²) in [6.45, 7) is 3.77. The molecule has 2 unspecified atom stereocenters. The maximum Gasteiger partial charge on any atom is 0.326 e. The monoisotopic (exact) mass is 454 g/mol. The molecule has 0 radical (unpaired) electrons. The first-order valence-electron chi connectivity index (χ1n) is 12.8. The number of nitrogens with one attached hydrogen (secondary N) is 2. The first-order chi connectivity index (χ1) is 16.0. The van der Waals surface area contributed by atoms with E-state index in [0.717, 1.165) is 30.0 Å². The zero-order valence-corrected chi connectivity index (χ0v) is 20.0. The fraction of sp³-hybridized carbons (Fsp3) is 0.654. The minimum absolute atomic E-state index is 0.147. The number of aliphatic carboxylic acids is 1. The van der Waals surface area contributed by atoms with Crippen molar-refractivity contribution in [2.24, 2.45) is 5.92 Å². The maximum absolute atomic E-state index is 12.9. The lowest BCUT2D eigenvalue weighted by Gasteiger charge is -2.26. The van der Waals surface area contributed by atoms with E-state index < -0.39 is 12.0 Å². The lowest BCUT2D eigenvalue weighted by atomic mass is 9.86. The summed E-state index contributed by atoms with van der Waals surface area (Å²) in [5.74, 6) is 0.0146. The van der Waals surface area contributed by atoms with Crippen LogP contribution in [0.2, 0.25) is 0 Å². The van der Waals surface area contributed by atoms with Crippen LogP contribution < -0.4 is 10.6 Å². The third-order valence-corrected chi connectivity index (χ3v) is 7.62. The summed E-state index contributed by atoms with van der Waals surface area (Å²) in [4.78, 5) is 29.6. The predicted octanol–water partition coefficient (Wildman–Crippen LogP) is 5.36. The normalized spacial score (nSPS) is 19.8. The van der Waals surface area contributed by atoms with Crippen LogP contribution in [0.4, 0.5) is 5.82 Å². The molecule has 0 bridgehead atoms. The third kappa shape index (κ3) is 5.33. The SMILES string of the molecule is CCC(C)C(NC(=O)c1ccn2c(NC3CCCCC3)c(C3CCCCC3)nc2c1)C(=O)O. The molecular weight excluding hydrogens is 416 g/mol. The number of carboxylic acids is 1. The van der Waals surface area contributed by atoms with Crippen molar-refractivity contribution in [3.8, 4) is 0 Å². The number of hydrogen-bond donors (Lipinski definition) is 3. The van der Waals surface area contributed by atoms with Gasteiger partial charge in [0.25, 0.3) is 5.91 Å². The van der Waals surface area contributed by atoms with E-state index in [0.29, 0.717) is 23.9 Å². The maximum atomic E-state index is 12.9. The number of amides is 1. The van der Waals surface area contributed by atoms with Gasteiger partial charge < -0.3 is 15.7 Å². The number of fused-ring (bicyclic) bond motifs is 1. The van der Waals surface area contributed by atoms with Gasteiger partial charge in [0.1, 0.15) is 17.5 Å². The van der Waals surface area contributed by atoms with Crippen molar-refractivity contribution in [3.05, 3.63) is 29.6 Å². The highest BCUT2D eigenvalue weighted by atomic mass is 16.4. The molecule has 0 saturated heterocycles. The molecule has 180 valence electrons. The molecule has 0 aliphatic heterocycles. The van der Waals surface area contributed by atoms with Crippen LogP contribution in [0.15, 0.2) is 18.3 Å². The van der Waals surface area contributed by atoms with Crippen molar-refractivity contribution in [3.63, 3.8) is 0 Å². The topological polar surface area (TPSA) is 95.7 Å². The van der Waals surface area contributed by atoms with Crippen molar-refractivity contribution in [2.75, 3.05) is 5.32 Å². The summed E-state index contributed by atoms with van der Waals surface area (Å²) in [7, 11) is 0. The number of nitrogens with zero attached hydrogens (tertiary/aromatic N) is 2. The Morgan fingerprint density at radius 3 is 2.42 bits per heavy atom. The molecule has 2 atom stereocenters. The average Bonchev–Trinajstić information content (AvgIpc) is 3.20. The number of rotatable bonds is 8. The molecule has 2 fully saturated rings. The summed E-state index contributed by atoms with van der Waals surface area (Å²) in [5, 5.41) is 16.1. The predicted molar refractivity (Wildman–Crippen MR) is 130 cm³/mol. The summed E-state index contributed by atoms with van der Waals surface area (Å²) in [6, 6.07) is 3.13. The van der Waals surface area contributed by atoms with Gasteiger partial charge in [-0.15, -0.1) is 0 Å². The van der Waals surface area contributed by atoms with E-state index in [1.54, 1.807) is 12.1 Å². The van der Waals surface area contributed by atoms with Gasteiger partial charge in [-0.2, -0.15) is 0 Å². The third-order valence-electron chi connectivity index (χ3n) is 7.62. The van der Waals surface area contributed by atoms with Crippen LogP contribution >= 0.6 is 0 Å². The van der Waals surface area contributed by atoms with Gasteiger partial charge in [0.15, 0.2) is 0 Å². The van der Waals surface area contributed by atoms with Crippen LogP contribution in [-0.2, 0) is 4.79 Å². The second kappa shape index (κ2) is 10.6. The van der Waals surface area contributed by atoms with Crippen LogP contribution in [0.25, 0.3) is 5.65 Å². The number of aromatic nitrogens is 2. The van der Waals surface area contributed by atoms with Gasteiger partial charge in [-0.1, -0.05) is 58.8 Å². The molecule has 7 heteroatoms. The Hall–Kier alpha value is -2.57. The zero-order chi connectivity index (χ0) is 23.4. The highest BCUT2D eigenvalue weighted by molar-refractivity contribution is 5.97. The van der Waals surface area contributed by atoms with Crippen molar-refractivity contribution in [2.45, 2.75) is 102 Å². The van der Waals surface area contributed by atoms with Crippen LogP contribution in [0.1, 0.15) is 106 Å². The van der Waals surface area contributed by atoms with Crippen molar-refractivity contribution in [1.29, 1.82) is 0 Å². The summed E-state index contributed by atoms with van der Waals surface area (Å²) in [6.07, 6.45) is 14.9. The van der Waals surface area contributed by atoms with E-state index in [-0.39, 0.29) is 11.8 Å². The van der Waals surface area contributed by atoms with Gasteiger partial charge in [0.05, 0.1) is 5.69 Å². The van der Waals surface area contributed by atoms with Gasteiger partial charge in [0, 0.05) is 23.7 Å². The minimum atomic E-state index is -1.00. The van der Waals surface area contributed by atoms with E-state index in [1.165, 1.54) is 51.4 Å². The molecule has 7 nitrogen and oxygen atoms in total. The molecule has 2 saturated carbocycles. The summed E-state index contributed by atoms with van der Waals surface area (Å²) in [5.41, 5.74) is 2.32. The summed E-state index contributed by atoms with van der Waals surface area (Å²) < 4.78 is 2.08. The van der Waals surface area contributed by atoms with Gasteiger partial charge in [-0.3, -0.25) is 9.20 Å². The first-order valence-corrected chi connectivity index (χ1v) is 12.8. The molecule has 2 heterocycles. The van der Waals surface area contributed by atoms with Crippen LogP contribution in [0, 0.1) is 5.92 Å². The second-order valence-electron chi connectivity index (χ2n) is 9.98. The van der Waals surface area contributed by atoms with Gasteiger partial charge >= 0.3 is 5.97 Å². The molecule has 0 aromatic carbocycles. The van der Waals surface area contributed by atoms with Crippen LogP contribution in [-0.4, -0.2) is 38.5 Å². The molecule has 2 aromatic heterocycles. The van der Waals surface area contributed by atoms with Crippen molar-refractivity contribution in [1.82, 2.24) is 14.7 Å². The van der Waals surface area contributed by atoms with Crippen molar-refractivity contribution < 1.29 is 14.7 Å². The molecule has 1 amide bonds. The second-order valence-corrected chi connectivity index (χ2v) is 9.98. The lowest BCUT2D eigenvalue weighted by molar-refractivity contribution is -0.140. The Morgan fingerprint density at radius 2 is 1.79 bits per heavy atom. The smallest absolute Gasteiger partial charge is 0.326 e. The number of anilines is 1. The number of carbonyl (C=O) groups excluding carboxylic acids is 1. The molecular formula is C26H38N4O3. The molecule has 2 aliphatic rings. The zero-order valence-electron chi connectivity index (χ0n) is 20.0. The Bertz CT molecular complexity index is 973. The quantitative estimate of drug-likeness (QED) is 0.499. The fourth-order valence-electron chi connectivity index (χ4n) is 5.36. The van der Waals surface area contributed by atoms with E-state index in [4.69, 9.17) is 4.98 Å². The van der Waals surface area contributed by atoms with Gasteiger partial charge in [-0.25, -0.2) is 9.78 Å². The van der Waals surface area contributed by atoms with Crippen LogP contribution in [0.5, 0.6) is 0 Å². The Balaban J connectivity index is 1.63. The first kappa shape index (κ1) is 23.6. The van der Waals surface area contributed by atoms with Crippen molar-refractivity contribution >= 4 is 23.3 Å². The highest BCUT2D eigenvalue weighted by Crippen LogP contribution is 2.37. The molecule has 2 aliphatic carbocycles. The van der Waals surface area contributed by atoms with E-state index in [2.05, 4.69) is 15.0 Å². The molecule has 33 heavy (non-hydrogen) atoms. The van der Waals surface area contributed by atoms with E-state index >= 15 is 0 Å². The van der Waals surface area contributed by atoms with Crippen LogP contribution in [0.3, 0.4) is 0 Å². The highest BCUT2D eigenvalue weighted by Gasteiger charge is 2.28. The number of carboxylic acid groups (broad SMARTS) is 1. The number of hydrogen-bond acceptors (Lipinski definition) is 4. The Kier molecular flexibility index (Phi) is 7.56. The lowest BCUT2D eigenvalue weighted by Crippen LogP contribution is -2.45. The number of carbonyl (C=O) groups is 2. The molecule has 4 rings (SSSR count). The Morgan fingerprint density at radius 1 is 1.12 bits per heavy atom. The fourth-order valence-corrected chi connectivity index (χ4v) is 5.36. The van der Waals surface area contributed by atoms with Gasteiger partial charge in [-0.05, 0) is 43.7 Å². The van der Waals surface area contributed by atoms with Gasteiger partial charge in [0.2, 0.25) is 0 Å². The molecule has 0 spiro atoms. The number of imidazole rings is 1. The average molecular weight is 455 g/mol. The molecule has 3 N–H and O–H groups in total. The minimum Gasteiger partial charge on any atom is -0.480 e. The summed E-state index contributed by atoms with van der Waals surface area (Å²) >= 11 is 0. The largest absolute Gasteiger partial charge is 0.480 e. The molecule has 2 aromatic rings. The van der Waals surface area contributed by atoms with E-state index in [1.807, 2.05) is 20.0 Å². The van der Waals surface area contributed by atoms with E-state index in [9.17, 15) is 14.7 Å². The Labute approximate surface area is 196 Å². The number of pyridine rings is 1. The standard InChI is InChI=1S/C26H38N4O3/c1-3-17(2)22(26(32)33)29-25(31)19-14-15-30-21(16-19)28-23(18-10-6-4-7-11-18)24(30)27-20-12-8-5-9-13-20/h14-18,20,22,27H,3-13H2,1-2H3,(H,29,31)(H,32,33).